The number of aryl methyl sites for hydroxylation is 2. The van der Waals surface area contributed by atoms with Crippen LogP contribution in [0.2, 0.25) is 0 Å². The van der Waals surface area contributed by atoms with Gasteiger partial charge < -0.3 is 4.90 Å². The molecule has 4 rings (SSSR count). The fourth-order valence-corrected chi connectivity index (χ4v) is 3.34. The molecule has 0 saturated heterocycles. The van der Waals surface area contributed by atoms with Gasteiger partial charge in [0.2, 0.25) is 0 Å². The highest BCUT2D eigenvalue weighted by molar-refractivity contribution is 6.20. The topological polar surface area (TPSA) is 15.6 Å². The lowest BCUT2D eigenvalue weighted by atomic mass is 10.0. The molecule has 1 aliphatic heterocycles. The molecular formula is C20H18N2. The molecule has 0 atom stereocenters. The highest BCUT2D eigenvalue weighted by atomic mass is 15.2. The minimum absolute atomic E-state index is 1.01. The molecule has 0 aliphatic carbocycles. The Balaban J connectivity index is 1.99. The lowest BCUT2D eigenvalue weighted by Crippen LogP contribution is -2.29. The average molecular weight is 286 g/mol. The van der Waals surface area contributed by atoms with Crippen molar-refractivity contribution in [2.75, 3.05) is 11.9 Å². The van der Waals surface area contributed by atoms with Gasteiger partial charge in [0.15, 0.2) is 0 Å². The highest BCUT2D eigenvalue weighted by Gasteiger charge is 2.20. The minimum atomic E-state index is 1.01. The van der Waals surface area contributed by atoms with Crippen LogP contribution in [0.1, 0.15) is 16.7 Å². The van der Waals surface area contributed by atoms with Gasteiger partial charge in [-0.2, -0.15) is 0 Å². The Bertz CT molecular complexity index is 897. The van der Waals surface area contributed by atoms with E-state index in [0.29, 0.717) is 0 Å². The van der Waals surface area contributed by atoms with Crippen molar-refractivity contribution in [1.29, 1.82) is 0 Å². The van der Waals surface area contributed by atoms with Crippen LogP contribution in [0.5, 0.6) is 0 Å². The smallest absolute Gasteiger partial charge is 0.140 e. The van der Waals surface area contributed by atoms with Gasteiger partial charge in [-0.3, -0.25) is 0 Å². The largest absolute Gasteiger partial charge is 0.328 e. The maximum Gasteiger partial charge on any atom is 0.140 e. The van der Waals surface area contributed by atoms with Gasteiger partial charge in [-0.05, 0) is 43.5 Å². The molecule has 0 aromatic heterocycles. The summed E-state index contributed by atoms with van der Waals surface area (Å²) in [5.74, 6) is 1.01. The van der Waals surface area contributed by atoms with E-state index in [1.807, 2.05) is 0 Å². The third kappa shape index (κ3) is 1.92. The van der Waals surface area contributed by atoms with Crippen LogP contribution in [0.3, 0.4) is 0 Å². The van der Waals surface area contributed by atoms with Crippen LogP contribution in [0, 0.1) is 13.8 Å². The van der Waals surface area contributed by atoms with Crippen molar-refractivity contribution in [3.05, 3.63) is 71.3 Å². The number of amidine groups is 1. The zero-order chi connectivity index (χ0) is 15.3. The van der Waals surface area contributed by atoms with Crippen molar-refractivity contribution in [1.82, 2.24) is 0 Å². The van der Waals surface area contributed by atoms with Gasteiger partial charge in [-0.1, -0.05) is 41.5 Å². The fraction of sp³-hybridized carbons (Fsp3) is 0.150. The van der Waals surface area contributed by atoms with E-state index in [2.05, 4.69) is 80.4 Å². The summed E-state index contributed by atoms with van der Waals surface area (Å²) in [7, 11) is 2.10. The Labute approximate surface area is 130 Å². The van der Waals surface area contributed by atoms with Crippen molar-refractivity contribution in [2.24, 2.45) is 4.99 Å². The molecule has 22 heavy (non-hydrogen) atoms. The highest BCUT2D eigenvalue weighted by Crippen LogP contribution is 2.38. The second-order valence-corrected chi connectivity index (χ2v) is 6.02. The second-order valence-electron chi connectivity index (χ2n) is 6.02. The summed E-state index contributed by atoms with van der Waals surface area (Å²) in [5, 5.41) is 2.48. The van der Waals surface area contributed by atoms with Crippen molar-refractivity contribution in [2.45, 2.75) is 13.8 Å². The van der Waals surface area contributed by atoms with Crippen molar-refractivity contribution in [3.8, 4) is 0 Å². The summed E-state index contributed by atoms with van der Waals surface area (Å²) in [6.07, 6.45) is 0. The van der Waals surface area contributed by atoms with E-state index in [9.17, 15) is 0 Å². The van der Waals surface area contributed by atoms with Gasteiger partial charge in [0.25, 0.3) is 0 Å². The van der Waals surface area contributed by atoms with E-state index >= 15 is 0 Å². The molecule has 108 valence electrons. The first kappa shape index (κ1) is 13.1. The molecule has 0 spiro atoms. The number of aliphatic imine (C=N–C) groups is 1. The first-order valence-electron chi connectivity index (χ1n) is 7.56. The summed E-state index contributed by atoms with van der Waals surface area (Å²) >= 11 is 0. The van der Waals surface area contributed by atoms with Crippen LogP contribution in [-0.4, -0.2) is 12.9 Å². The Hall–Kier alpha value is -2.61. The lowest BCUT2D eigenvalue weighted by Gasteiger charge is -2.28. The molecule has 1 heterocycles. The van der Waals surface area contributed by atoms with Crippen LogP contribution >= 0.6 is 0 Å². The predicted octanol–water partition coefficient (Wildman–Crippen LogP) is 4.98. The van der Waals surface area contributed by atoms with Crippen LogP contribution in [0.25, 0.3) is 10.8 Å². The van der Waals surface area contributed by atoms with E-state index in [0.717, 1.165) is 11.5 Å². The zero-order valence-electron chi connectivity index (χ0n) is 13.1. The number of anilines is 1. The molecule has 3 aromatic carbocycles. The van der Waals surface area contributed by atoms with Crippen molar-refractivity contribution < 1.29 is 0 Å². The Morgan fingerprint density at radius 3 is 2.27 bits per heavy atom. The monoisotopic (exact) mass is 286 g/mol. The minimum Gasteiger partial charge on any atom is -0.328 e. The summed E-state index contributed by atoms with van der Waals surface area (Å²) in [5.41, 5.74) is 5.98. The molecule has 3 aromatic rings. The van der Waals surface area contributed by atoms with Gasteiger partial charge in [0.1, 0.15) is 5.84 Å². The standard InChI is InChI=1S/C20H18N2/c1-13-10-14(2)12-16(11-13)20-21-17-8-4-6-15-7-5-9-18(19(15)17)22(20)3/h4-12H,1-3H3. The summed E-state index contributed by atoms with van der Waals surface area (Å²) in [6, 6.07) is 19.4. The van der Waals surface area contributed by atoms with E-state index in [1.54, 1.807) is 0 Å². The van der Waals surface area contributed by atoms with Gasteiger partial charge in [0, 0.05) is 18.0 Å². The molecule has 0 radical (unpaired) electrons. The maximum atomic E-state index is 4.94. The quantitative estimate of drug-likeness (QED) is 0.615. The lowest BCUT2D eigenvalue weighted by molar-refractivity contribution is 1.23. The number of hydrogen-bond acceptors (Lipinski definition) is 2. The SMILES string of the molecule is Cc1cc(C)cc(C2=Nc3cccc4cccc(c34)N2C)c1. The maximum absolute atomic E-state index is 4.94. The van der Waals surface area contributed by atoms with E-state index in [4.69, 9.17) is 4.99 Å². The fourth-order valence-electron chi connectivity index (χ4n) is 3.34. The average Bonchev–Trinajstić information content (AvgIpc) is 2.50. The number of benzene rings is 3. The number of hydrogen-bond donors (Lipinski definition) is 0. The van der Waals surface area contributed by atoms with Crippen LogP contribution in [0.4, 0.5) is 11.4 Å². The summed E-state index contributed by atoms with van der Waals surface area (Å²) in [4.78, 5) is 7.14. The second kappa shape index (κ2) is 4.70. The summed E-state index contributed by atoms with van der Waals surface area (Å²) < 4.78 is 0. The Morgan fingerprint density at radius 2 is 1.55 bits per heavy atom. The summed E-state index contributed by atoms with van der Waals surface area (Å²) in [6.45, 7) is 4.27. The van der Waals surface area contributed by atoms with Gasteiger partial charge in [0.05, 0.1) is 11.4 Å². The molecule has 0 bridgehead atoms. The normalized spacial score (nSPS) is 13.4. The van der Waals surface area contributed by atoms with Crippen LogP contribution in [-0.2, 0) is 0 Å². The first-order chi connectivity index (χ1) is 10.6. The van der Waals surface area contributed by atoms with E-state index in [1.165, 1.54) is 33.2 Å². The van der Waals surface area contributed by atoms with Gasteiger partial charge >= 0.3 is 0 Å². The van der Waals surface area contributed by atoms with Gasteiger partial charge in [-0.15, -0.1) is 0 Å². The zero-order valence-corrected chi connectivity index (χ0v) is 13.1. The van der Waals surface area contributed by atoms with Crippen LogP contribution < -0.4 is 4.90 Å². The molecule has 2 nitrogen and oxygen atoms in total. The Kier molecular flexibility index (Phi) is 2.80. The molecule has 0 fully saturated rings. The molecule has 0 amide bonds. The number of nitrogens with zero attached hydrogens (tertiary/aromatic N) is 2. The number of rotatable bonds is 1. The first-order valence-corrected chi connectivity index (χ1v) is 7.56. The van der Waals surface area contributed by atoms with Gasteiger partial charge in [-0.25, -0.2) is 4.99 Å². The third-order valence-corrected chi connectivity index (χ3v) is 4.25. The molecule has 0 unspecified atom stereocenters. The van der Waals surface area contributed by atoms with Crippen LogP contribution in [0.15, 0.2) is 59.6 Å². The predicted molar refractivity (Wildman–Crippen MR) is 94.5 cm³/mol. The van der Waals surface area contributed by atoms with Crippen molar-refractivity contribution in [3.63, 3.8) is 0 Å². The van der Waals surface area contributed by atoms with Crippen molar-refractivity contribution >= 4 is 28.0 Å². The van der Waals surface area contributed by atoms with E-state index in [-0.39, 0.29) is 0 Å². The third-order valence-electron chi connectivity index (χ3n) is 4.25. The molecular weight excluding hydrogens is 268 g/mol. The molecule has 2 heteroatoms. The molecule has 0 saturated carbocycles. The van der Waals surface area contributed by atoms with E-state index < -0.39 is 0 Å². The molecule has 1 aliphatic rings. The molecule has 0 N–H and O–H groups in total. The Morgan fingerprint density at radius 1 is 0.864 bits per heavy atom.